The third-order valence-corrected chi connectivity index (χ3v) is 9.76. The molecule has 5 rings (SSSR count). The van der Waals surface area contributed by atoms with Gasteiger partial charge in [0, 0.05) is 63.1 Å². The molecule has 2 aromatic carbocycles. The molecular weight excluding hydrogens is 554 g/mol. The molecule has 0 spiro atoms. The van der Waals surface area contributed by atoms with Gasteiger partial charge in [0.1, 0.15) is 0 Å². The van der Waals surface area contributed by atoms with Crippen LogP contribution in [0, 0.1) is 0 Å². The van der Waals surface area contributed by atoms with Crippen molar-refractivity contribution in [1.82, 2.24) is 20.4 Å². The molecule has 3 heterocycles. The third kappa shape index (κ3) is 6.71. The van der Waals surface area contributed by atoms with Crippen LogP contribution < -0.4 is 25.2 Å². The minimum absolute atomic E-state index is 0.0905. The van der Waals surface area contributed by atoms with Gasteiger partial charge >= 0.3 is 0 Å². The normalized spacial score (nSPS) is 17.4. The van der Waals surface area contributed by atoms with E-state index in [4.69, 9.17) is 0 Å². The number of aromatic nitrogens is 2. The SMILES string of the molecule is CCN1CCNc2c1cc(C(=O)N[C@@H](Cc1ccccc1)[C@H](O)CNCc1cnn(CC)c1)cc2N1CCCS1(=O)=O. The Hall–Kier alpha value is -3.61. The summed E-state index contributed by atoms with van der Waals surface area (Å²) in [5, 5.41) is 25.3. The first-order valence-corrected chi connectivity index (χ1v) is 16.3. The molecule has 12 heteroatoms. The number of amides is 1. The van der Waals surface area contributed by atoms with Crippen LogP contribution in [-0.2, 0) is 29.5 Å². The Morgan fingerprint density at radius 2 is 1.88 bits per heavy atom. The summed E-state index contributed by atoms with van der Waals surface area (Å²) in [4.78, 5) is 16.0. The number of hydrogen-bond donors (Lipinski definition) is 4. The maximum Gasteiger partial charge on any atom is 0.251 e. The Labute approximate surface area is 248 Å². The van der Waals surface area contributed by atoms with Crippen molar-refractivity contribution >= 4 is 33.0 Å². The number of aliphatic hydroxyl groups is 1. The fraction of sp³-hybridized carbons (Fsp3) is 0.467. The average Bonchev–Trinajstić information content (AvgIpc) is 3.61. The largest absolute Gasteiger partial charge is 0.390 e. The van der Waals surface area contributed by atoms with E-state index < -0.39 is 22.2 Å². The van der Waals surface area contributed by atoms with Crippen molar-refractivity contribution < 1.29 is 18.3 Å². The standard InChI is InChI=1S/C30H41N7O4S/c1-3-35-13-11-32-29-26(35)16-24(17-27(29)37-12-8-14-42(37,40)41)30(39)34-25(15-22-9-6-5-7-10-22)28(38)20-31-18-23-19-33-36(4-2)21-23/h5-7,9-10,16-17,19,21,25,28,31-32,38H,3-4,8,11-15,18,20H2,1-2H3,(H,34,39)/t25-,28+/m0/s1. The van der Waals surface area contributed by atoms with E-state index in [1.54, 1.807) is 12.3 Å². The maximum absolute atomic E-state index is 13.8. The van der Waals surface area contributed by atoms with Crippen molar-refractivity contribution in [2.75, 3.05) is 53.0 Å². The number of sulfonamides is 1. The fourth-order valence-electron chi connectivity index (χ4n) is 5.63. The Kier molecular flexibility index (Phi) is 9.34. The van der Waals surface area contributed by atoms with Crippen LogP contribution in [0.5, 0.6) is 0 Å². The Balaban J connectivity index is 1.39. The minimum atomic E-state index is -3.46. The number of aryl methyl sites for hydroxylation is 1. The average molecular weight is 596 g/mol. The number of carbonyl (C=O) groups is 1. The van der Waals surface area contributed by atoms with Gasteiger partial charge in [-0.1, -0.05) is 30.3 Å². The second-order valence-electron chi connectivity index (χ2n) is 10.8. The summed E-state index contributed by atoms with van der Waals surface area (Å²) in [6.45, 7) is 8.20. The van der Waals surface area contributed by atoms with E-state index in [1.807, 2.05) is 61.1 Å². The van der Waals surface area contributed by atoms with Crippen LogP contribution in [0.15, 0.2) is 54.9 Å². The highest BCUT2D eigenvalue weighted by Crippen LogP contribution is 2.41. The number of nitrogens with zero attached hydrogens (tertiary/aromatic N) is 4. The molecule has 11 nitrogen and oxygen atoms in total. The first kappa shape index (κ1) is 29.9. The van der Waals surface area contributed by atoms with E-state index in [-0.39, 0.29) is 18.2 Å². The highest BCUT2D eigenvalue weighted by atomic mass is 32.2. The summed E-state index contributed by atoms with van der Waals surface area (Å²) in [6, 6.07) is 12.6. The van der Waals surface area contributed by atoms with Crippen molar-refractivity contribution in [2.45, 2.75) is 51.9 Å². The monoisotopic (exact) mass is 595 g/mol. The van der Waals surface area contributed by atoms with Gasteiger partial charge in [0.15, 0.2) is 0 Å². The van der Waals surface area contributed by atoms with E-state index in [0.717, 1.165) is 42.1 Å². The molecule has 3 aromatic rings. The van der Waals surface area contributed by atoms with E-state index in [1.165, 1.54) is 4.31 Å². The zero-order chi connectivity index (χ0) is 29.7. The van der Waals surface area contributed by atoms with Crippen LogP contribution in [0.25, 0.3) is 0 Å². The number of aliphatic hydroxyl groups excluding tert-OH is 1. The van der Waals surface area contributed by atoms with Crippen molar-refractivity contribution in [2.24, 2.45) is 0 Å². The molecule has 226 valence electrons. The molecule has 1 amide bonds. The summed E-state index contributed by atoms with van der Waals surface area (Å²) >= 11 is 0. The highest BCUT2D eigenvalue weighted by molar-refractivity contribution is 7.93. The van der Waals surface area contributed by atoms with Crippen molar-refractivity contribution in [3.63, 3.8) is 0 Å². The van der Waals surface area contributed by atoms with Gasteiger partial charge in [-0.05, 0) is 44.4 Å². The minimum Gasteiger partial charge on any atom is -0.390 e. The van der Waals surface area contributed by atoms with Gasteiger partial charge in [0.05, 0.1) is 41.2 Å². The molecule has 2 aliphatic rings. The summed E-state index contributed by atoms with van der Waals surface area (Å²) in [7, 11) is -3.46. The quantitative estimate of drug-likeness (QED) is 0.251. The van der Waals surface area contributed by atoms with E-state index in [2.05, 4.69) is 25.9 Å². The molecule has 0 unspecified atom stereocenters. The maximum atomic E-state index is 13.8. The lowest BCUT2D eigenvalue weighted by Crippen LogP contribution is -2.48. The Morgan fingerprint density at radius 1 is 1.10 bits per heavy atom. The summed E-state index contributed by atoms with van der Waals surface area (Å²) < 4.78 is 29.1. The zero-order valence-electron chi connectivity index (χ0n) is 24.3. The van der Waals surface area contributed by atoms with Gasteiger partial charge in [-0.2, -0.15) is 5.10 Å². The molecule has 0 radical (unpaired) electrons. The van der Waals surface area contributed by atoms with Gasteiger partial charge in [-0.3, -0.25) is 13.8 Å². The smallest absolute Gasteiger partial charge is 0.251 e. The van der Waals surface area contributed by atoms with Gasteiger partial charge in [0.2, 0.25) is 10.0 Å². The van der Waals surface area contributed by atoms with Gasteiger partial charge < -0.3 is 26.0 Å². The molecule has 0 saturated carbocycles. The molecule has 2 aliphatic heterocycles. The third-order valence-electron chi connectivity index (χ3n) is 7.91. The topological polar surface area (TPSA) is 132 Å². The van der Waals surface area contributed by atoms with Gasteiger partial charge in [-0.15, -0.1) is 0 Å². The second-order valence-corrected chi connectivity index (χ2v) is 12.8. The summed E-state index contributed by atoms with van der Waals surface area (Å²) in [5.41, 5.74) is 4.41. The number of rotatable bonds is 12. The second kappa shape index (κ2) is 13.1. The highest BCUT2D eigenvalue weighted by Gasteiger charge is 2.34. The van der Waals surface area contributed by atoms with Crippen LogP contribution in [0.4, 0.5) is 17.1 Å². The number of fused-ring (bicyclic) bond motifs is 1. The molecule has 1 fully saturated rings. The number of likely N-dealkylation sites (N-methyl/N-ethyl adjacent to an activating group) is 1. The molecule has 2 atom stereocenters. The fourth-order valence-corrected chi connectivity index (χ4v) is 7.19. The van der Waals surface area contributed by atoms with Crippen molar-refractivity contribution in [1.29, 1.82) is 0 Å². The van der Waals surface area contributed by atoms with Crippen molar-refractivity contribution in [3.8, 4) is 0 Å². The molecule has 1 saturated heterocycles. The molecule has 0 aliphatic carbocycles. The van der Waals surface area contributed by atoms with E-state index in [9.17, 15) is 18.3 Å². The number of carbonyl (C=O) groups excluding carboxylic acids is 1. The van der Waals surface area contributed by atoms with Crippen molar-refractivity contribution in [3.05, 3.63) is 71.5 Å². The number of anilines is 3. The van der Waals surface area contributed by atoms with Crippen LogP contribution in [-0.4, -0.2) is 79.8 Å². The predicted octanol–water partition coefficient (Wildman–Crippen LogP) is 2.19. The van der Waals surface area contributed by atoms with Crippen LogP contribution in [0.2, 0.25) is 0 Å². The van der Waals surface area contributed by atoms with Crippen LogP contribution in [0.3, 0.4) is 0 Å². The number of hydrogen-bond acceptors (Lipinski definition) is 8. The zero-order valence-corrected chi connectivity index (χ0v) is 25.1. The Morgan fingerprint density at radius 3 is 2.57 bits per heavy atom. The van der Waals surface area contributed by atoms with E-state index >= 15 is 0 Å². The first-order chi connectivity index (χ1) is 20.3. The van der Waals surface area contributed by atoms with Gasteiger partial charge in [-0.25, -0.2) is 8.42 Å². The lowest BCUT2D eigenvalue weighted by Gasteiger charge is -2.34. The van der Waals surface area contributed by atoms with Crippen LogP contribution in [0.1, 0.15) is 41.8 Å². The summed E-state index contributed by atoms with van der Waals surface area (Å²) in [5.74, 6) is -0.269. The molecule has 1 aromatic heterocycles. The lowest BCUT2D eigenvalue weighted by molar-refractivity contribution is 0.0830. The molecule has 4 N–H and O–H groups in total. The Bertz CT molecular complexity index is 1480. The first-order valence-electron chi connectivity index (χ1n) is 14.7. The van der Waals surface area contributed by atoms with Gasteiger partial charge in [0.25, 0.3) is 5.91 Å². The number of benzene rings is 2. The molecule has 42 heavy (non-hydrogen) atoms. The number of nitrogens with one attached hydrogen (secondary N) is 3. The lowest BCUT2D eigenvalue weighted by atomic mass is 10.00. The van der Waals surface area contributed by atoms with Crippen LogP contribution >= 0.6 is 0 Å². The summed E-state index contributed by atoms with van der Waals surface area (Å²) in [6.07, 6.45) is 3.87. The predicted molar refractivity (Wildman–Crippen MR) is 166 cm³/mol. The molecular formula is C30H41N7O4S. The molecule has 0 bridgehead atoms. The van der Waals surface area contributed by atoms with E-state index in [0.29, 0.717) is 43.7 Å².